The summed E-state index contributed by atoms with van der Waals surface area (Å²) in [5.74, 6) is 3.33. The number of methoxy groups -OCH3 is 1. The highest BCUT2D eigenvalue weighted by atomic mass is 32.2. The van der Waals surface area contributed by atoms with E-state index in [2.05, 4.69) is 45.1 Å². The highest BCUT2D eigenvalue weighted by Crippen LogP contribution is 2.32. The maximum absolute atomic E-state index is 5.59. The topological polar surface area (TPSA) is 21.3 Å². The first-order valence-corrected chi connectivity index (χ1v) is 8.25. The summed E-state index contributed by atoms with van der Waals surface area (Å²) in [5, 5.41) is 3.59. The molecule has 0 saturated carbocycles. The normalized spacial score (nSPS) is 12.5. The van der Waals surface area contributed by atoms with Gasteiger partial charge in [-0.3, -0.25) is 0 Å². The molecule has 1 rings (SSSR count). The van der Waals surface area contributed by atoms with Gasteiger partial charge in [-0.15, -0.1) is 0 Å². The summed E-state index contributed by atoms with van der Waals surface area (Å²) in [6.45, 7) is 9.67. The monoisotopic (exact) mass is 281 g/mol. The lowest BCUT2D eigenvalue weighted by Gasteiger charge is -2.23. The Morgan fingerprint density at radius 3 is 2.58 bits per heavy atom. The van der Waals surface area contributed by atoms with Crippen LogP contribution in [0.2, 0.25) is 0 Å². The van der Waals surface area contributed by atoms with Gasteiger partial charge in [-0.25, -0.2) is 0 Å². The quantitative estimate of drug-likeness (QED) is 0.725. The van der Waals surface area contributed by atoms with Crippen molar-refractivity contribution >= 4 is 11.8 Å². The number of hydrogen-bond donors (Lipinski definition) is 1. The van der Waals surface area contributed by atoms with Crippen LogP contribution in [-0.4, -0.2) is 25.2 Å². The van der Waals surface area contributed by atoms with E-state index in [1.54, 1.807) is 7.11 Å². The second-order valence-corrected chi connectivity index (χ2v) is 6.03. The average molecular weight is 281 g/mol. The van der Waals surface area contributed by atoms with Gasteiger partial charge in [0.2, 0.25) is 0 Å². The second-order valence-electron chi connectivity index (χ2n) is 4.88. The van der Waals surface area contributed by atoms with Crippen molar-refractivity contribution in [2.24, 2.45) is 0 Å². The Morgan fingerprint density at radius 2 is 2.00 bits per heavy atom. The number of nitrogens with one attached hydrogen (secondary N) is 1. The van der Waals surface area contributed by atoms with E-state index < -0.39 is 0 Å². The Kier molecular flexibility index (Phi) is 7.32. The molecule has 0 aromatic heterocycles. The summed E-state index contributed by atoms with van der Waals surface area (Å²) in [7, 11) is 1.76. The molecule has 3 heteroatoms. The van der Waals surface area contributed by atoms with Crippen LogP contribution in [0, 0.1) is 13.8 Å². The molecular formula is C16H27NOS. The van der Waals surface area contributed by atoms with Crippen LogP contribution in [0.25, 0.3) is 0 Å². The molecule has 0 heterocycles. The fourth-order valence-electron chi connectivity index (χ4n) is 2.39. The Morgan fingerprint density at radius 1 is 1.26 bits per heavy atom. The maximum atomic E-state index is 5.59. The summed E-state index contributed by atoms with van der Waals surface area (Å²) in [5.41, 5.74) is 3.90. The van der Waals surface area contributed by atoms with Gasteiger partial charge in [0, 0.05) is 17.4 Å². The molecule has 0 saturated heterocycles. The fourth-order valence-corrected chi connectivity index (χ4v) is 3.37. The second kappa shape index (κ2) is 8.49. The molecule has 0 bridgehead atoms. The van der Waals surface area contributed by atoms with Gasteiger partial charge < -0.3 is 10.1 Å². The molecule has 1 N–H and O–H groups in total. The van der Waals surface area contributed by atoms with Gasteiger partial charge in [-0.2, -0.15) is 11.8 Å². The lowest BCUT2D eigenvalue weighted by Crippen LogP contribution is -2.24. The predicted octanol–water partition coefficient (Wildman–Crippen LogP) is 4.11. The number of aryl methyl sites for hydroxylation is 2. The minimum atomic E-state index is 0.372. The van der Waals surface area contributed by atoms with E-state index in [-0.39, 0.29) is 0 Å². The van der Waals surface area contributed by atoms with Gasteiger partial charge in [-0.1, -0.05) is 19.9 Å². The van der Waals surface area contributed by atoms with Gasteiger partial charge in [0.1, 0.15) is 5.75 Å². The minimum Gasteiger partial charge on any atom is -0.496 e. The van der Waals surface area contributed by atoms with Crippen LogP contribution in [0.15, 0.2) is 12.1 Å². The molecule has 0 aliphatic heterocycles. The van der Waals surface area contributed by atoms with Gasteiger partial charge in [0.05, 0.1) is 7.11 Å². The molecule has 1 aromatic rings. The van der Waals surface area contributed by atoms with Crippen LogP contribution in [0.4, 0.5) is 0 Å². The third-order valence-corrected chi connectivity index (χ3v) is 4.41. The van der Waals surface area contributed by atoms with E-state index in [1.165, 1.54) is 28.9 Å². The molecule has 0 aliphatic rings. The number of rotatable bonds is 8. The Labute approximate surface area is 122 Å². The Bertz CT molecular complexity index is 393. The third-order valence-electron chi connectivity index (χ3n) is 3.15. The molecule has 1 atom stereocenters. The summed E-state index contributed by atoms with van der Waals surface area (Å²) in [6.07, 6.45) is 1.23. The van der Waals surface area contributed by atoms with E-state index >= 15 is 0 Å². The predicted molar refractivity (Wildman–Crippen MR) is 86.5 cm³/mol. The molecule has 0 radical (unpaired) electrons. The van der Waals surface area contributed by atoms with Gasteiger partial charge >= 0.3 is 0 Å². The number of hydrogen-bond acceptors (Lipinski definition) is 3. The molecule has 0 amide bonds. The summed E-state index contributed by atoms with van der Waals surface area (Å²) >= 11 is 2.01. The molecule has 108 valence electrons. The summed E-state index contributed by atoms with van der Waals surface area (Å²) in [6, 6.07) is 4.75. The fraction of sp³-hybridized carbons (Fsp3) is 0.625. The average Bonchev–Trinajstić information content (AvgIpc) is 2.37. The zero-order valence-electron chi connectivity index (χ0n) is 12.9. The molecule has 19 heavy (non-hydrogen) atoms. The first kappa shape index (κ1) is 16.4. The van der Waals surface area contributed by atoms with Gasteiger partial charge in [0.15, 0.2) is 0 Å². The minimum absolute atomic E-state index is 0.372. The maximum Gasteiger partial charge on any atom is 0.124 e. The molecule has 1 unspecified atom stereocenters. The molecule has 0 fully saturated rings. The lowest BCUT2D eigenvalue weighted by atomic mass is 9.98. The van der Waals surface area contributed by atoms with Gasteiger partial charge in [0.25, 0.3) is 0 Å². The van der Waals surface area contributed by atoms with Crippen LogP contribution >= 0.6 is 11.8 Å². The first-order valence-electron chi connectivity index (χ1n) is 7.10. The zero-order chi connectivity index (χ0) is 14.3. The summed E-state index contributed by atoms with van der Waals surface area (Å²) < 4.78 is 5.59. The van der Waals surface area contributed by atoms with Crippen molar-refractivity contribution in [2.75, 3.05) is 25.2 Å². The van der Waals surface area contributed by atoms with Crippen molar-refractivity contribution in [3.05, 3.63) is 28.8 Å². The van der Waals surface area contributed by atoms with Crippen molar-refractivity contribution in [2.45, 2.75) is 40.2 Å². The highest BCUT2D eigenvalue weighted by Gasteiger charge is 2.18. The molecule has 0 aliphatic carbocycles. The lowest BCUT2D eigenvalue weighted by molar-refractivity contribution is 0.402. The van der Waals surface area contributed by atoms with Crippen molar-refractivity contribution in [1.82, 2.24) is 5.32 Å². The number of benzene rings is 1. The Balaban J connectivity index is 2.99. The van der Waals surface area contributed by atoms with Crippen molar-refractivity contribution in [3.63, 3.8) is 0 Å². The van der Waals surface area contributed by atoms with E-state index in [4.69, 9.17) is 4.74 Å². The van der Waals surface area contributed by atoms with Crippen molar-refractivity contribution < 1.29 is 4.74 Å². The highest BCUT2D eigenvalue weighted by molar-refractivity contribution is 7.99. The third kappa shape index (κ3) is 4.73. The largest absolute Gasteiger partial charge is 0.496 e. The van der Waals surface area contributed by atoms with Crippen LogP contribution in [0.3, 0.4) is 0 Å². The number of ether oxygens (including phenoxy) is 1. The van der Waals surface area contributed by atoms with Crippen molar-refractivity contribution in [3.8, 4) is 5.75 Å². The van der Waals surface area contributed by atoms with E-state index in [0.717, 1.165) is 18.0 Å². The summed E-state index contributed by atoms with van der Waals surface area (Å²) in [4.78, 5) is 0. The molecular weight excluding hydrogens is 254 g/mol. The Hall–Kier alpha value is -0.670. The number of thioether (sulfide) groups is 1. The van der Waals surface area contributed by atoms with E-state index in [1.807, 2.05) is 11.8 Å². The standard InChI is InChI=1S/C16H27NOS/c1-6-8-19-11-14(17-7-2)16-13(4)9-12(3)10-15(16)18-5/h9-10,14,17H,6-8,11H2,1-5H3. The van der Waals surface area contributed by atoms with Gasteiger partial charge in [-0.05, 0) is 49.8 Å². The van der Waals surface area contributed by atoms with Crippen LogP contribution in [0.1, 0.15) is 43.0 Å². The van der Waals surface area contributed by atoms with E-state index in [0.29, 0.717) is 6.04 Å². The van der Waals surface area contributed by atoms with E-state index in [9.17, 15) is 0 Å². The van der Waals surface area contributed by atoms with Crippen LogP contribution in [0.5, 0.6) is 5.75 Å². The van der Waals surface area contributed by atoms with Crippen LogP contribution < -0.4 is 10.1 Å². The molecule has 1 aromatic carbocycles. The zero-order valence-corrected chi connectivity index (χ0v) is 13.7. The smallest absolute Gasteiger partial charge is 0.124 e. The molecule has 0 spiro atoms. The van der Waals surface area contributed by atoms with Crippen LogP contribution in [-0.2, 0) is 0 Å². The van der Waals surface area contributed by atoms with Crippen molar-refractivity contribution in [1.29, 1.82) is 0 Å². The molecule has 2 nitrogen and oxygen atoms in total. The first-order chi connectivity index (χ1) is 9.13. The SMILES string of the molecule is CCCSCC(NCC)c1c(C)cc(C)cc1OC.